The summed E-state index contributed by atoms with van der Waals surface area (Å²) >= 11 is 5.80. The third-order valence-electron chi connectivity index (χ3n) is 2.38. The monoisotopic (exact) mass is 280 g/mol. The Labute approximate surface area is 114 Å². The van der Waals surface area contributed by atoms with Crippen molar-refractivity contribution in [2.75, 3.05) is 16.8 Å². The van der Waals surface area contributed by atoms with E-state index < -0.39 is 0 Å². The Morgan fingerprint density at radius 2 is 1.89 bits per heavy atom. The molecule has 2 heterocycles. The number of halogens is 1. The minimum absolute atomic E-state index is 0.0405. The van der Waals surface area contributed by atoms with Crippen LogP contribution in [0.3, 0.4) is 0 Å². The summed E-state index contributed by atoms with van der Waals surface area (Å²) in [6.45, 7) is 0.271. The molecule has 0 bridgehead atoms. The largest absolute Gasteiger partial charge is 0.393 e. The van der Waals surface area contributed by atoms with Crippen molar-refractivity contribution in [2.24, 2.45) is 0 Å². The topological polar surface area (TPSA) is 123 Å². The van der Waals surface area contributed by atoms with Crippen LogP contribution in [-0.4, -0.2) is 20.1 Å². The Morgan fingerprint density at radius 3 is 2.63 bits per heavy atom. The van der Waals surface area contributed by atoms with E-state index in [-0.39, 0.29) is 23.4 Å². The molecule has 8 heteroatoms. The maximum Gasteiger partial charge on any atom is 0.223 e. The molecule has 19 heavy (non-hydrogen) atoms. The zero-order chi connectivity index (χ0) is 13.8. The average molecular weight is 281 g/mol. The molecule has 0 unspecified atom stereocenters. The van der Waals surface area contributed by atoms with Gasteiger partial charge < -0.3 is 21.9 Å². The lowest BCUT2D eigenvalue weighted by atomic mass is 10.3. The minimum Gasteiger partial charge on any atom is -0.393 e. The summed E-state index contributed by atoms with van der Waals surface area (Å²) in [4.78, 5) is 11.9. The number of rotatable bonds is 4. The molecule has 0 aliphatic rings. The maximum absolute atomic E-state index is 9.01. The third kappa shape index (κ3) is 3.21. The molecule has 7 nitrogen and oxygen atoms in total. The van der Waals surface area contributed by atoms with Crippen LogP contribution < -0.4 is 16.8 Å². The fourth-order valence-electron chi connectivity index (χ4n) is 1.48. The minimum atomic E-state index is -0.109. The standard InChI is InChI=1S/C11H13ClN6O/c12-9-8(13)10(18-11(14)17-9)15-4-6-2-1-3-7(5-19)16-6/h1-3,19H,4-5,13H2,(H3,14,15,17,18). The molecule has 100 valence electrons. The maximum atomic E-state index is 9.01. The van der Waals surface area contributed by atoms with Gasteiger partial charge in [0.05, 0.1) is 24.5 Å². The summed E-state index contributed by atoms with van der Waals surface area (Å²) in [7, 11) is 0. The SMILES string of the molecule is Nc1nc(Cl)c(N)c(NCc2cccc(CO)n2)n1. The smallest absolute Gasteiger partial charge is 0.223 e. The Kier molecular flexibility index (Phi) is 3.98. The van der Waals surface area contributed by atoms with E-state index in [2.05, 4.69) is 20.3 Å². The predicted octanol–water partition coefficient (Wildman–Crippen LogP) is 0.794. The first-order chi connectivity index (χ1) is 9.10. The van der Waals surface area contributed by atoms with Gasteiger partial charge in [0.2, 0.25) is 5.95 Å². The molecule has 0 saturated heterocycles. The predicted molar refractivity (Wildman–Crippen MR) is 73.4 cm³/mol. The molecule has 2 rings (SSSR count). The van der Waals surface area contributed by atoms with Gasteiger partial charge in [0, 0.05) is 0 Å². The van der Waals surface area contributed by atoms with Crippen molar-refractivity contribution in [1.82, 2.24) is 15.0 Å². The first kappa shape index (κ1) is 13.3. The van der Waals surface area contributed by atoms with E-state index in [0.29, 0.717) is 18.1 Å². The molecule has 0 radical (unpaired) electrons. The number of nitrogens with zero attached hydrogens (tertiary/aromatic N) is 3. The van der Waals surface area contributed by atoms with Gasteiger partial charge >= 0.3 is 0 Å². The normalized spacial score (nSPS) is 10.4. The summed E-state index contributed by atoms with van der Waals surface area (Å²) in [5, 5.41) is 12.1. The van der Waals surface area contributed by atoms with E-state index in [4.69, 9.17) is 28.2 Å². The van der Waals surface area contributed by atoms with E-state index >= 15 is 0 Å². The number of aromatic nitrogens is 3. The summed E-state index contributed by atoms with van der Waals surface area (Å²) in [5.41, 5.74) is 12.8. The second-order valence-electron chi connectivity index (χ2n) is 3.77. The zero-order valence-electron chi connectivity index (χ0n) is 9.97. The van der Waals surface area contributed by atoms with Gasteiger partial charge in [-0.2, -0.15) is 9.97 Å². The van der Waals surface area contributed by atoms with E-state index in [1.54, 1.807) is 12.1 Å². The molecular formula is C11H13ClN6O. The van der Waals surface area contributed by atoms with Crippen LogP contribution in [-0.2, 0) is 13.2 Å². The Morgan fingerprint density at radius 1 is 1.16 bits per heavy atom. The van der Waals surface area contributed by atoms with Gasteiger partial charge in [0.15, 0.2) is 11.0 Å². The summed E-state index contributed by atoms with van der Waals surface area (Å²) in [5.74, 6) is 0.396. The van der Waals surface area contributed by atoms with Crippen molar-refractivity contribution in [2.45, 2.75) is 13.2 Å². The molecule has 0 saturated carbocycles. The summed E-state index contributed by atoms with van der Waals surface area (Å²) < 4.78 is 0. The molecule has 2 aromatic heterocycles. The van der Waals surface area contributed by atoms with Gasteiger partial charge in [0.1, 0.15) is 5.69 Å². The molecule has 0 aliphatic carbocycles. The first-order valence-electron chi connectivity index (χ1n) is 5.48. The highest BCUT2D eigenvalue weighted by Gasteiger charge is 2.08. The molecule has 0 fully saturated rings. The fourth-order valence-corrected chi connectivity index (χ4v) is 1.66. The van der Waals surface area contributed by atoms with Crippen LogP contribution in [0.25, 0.3) is 0 Å². The molecule has 0 aromatic carbocycles. The number of hydrogen-bond acceptors (Lipinski definition) is 7. The second-order valence-corrected chi connectivity index (χ2v) is 4.12. The summed E-state index contributed by atoms with van der Waals surface area (Å²) in [6.07, 6.45) is 0. The van der Waals surface area contributed by atoms with E-state index in [9.17, 15) is 0 Å². The molecule has 0 spiro atoms. The van der Waals surface area contributed by atoms with Crippen LogP contribution in [0.5, 0.6) is 0 Å². The molecule has 0 amide bonds. The molecule has 2 aromatic rings. The van der Waals surface area contributed by atoms with Crippen LogP contribution in [0, 0.1) is 0 Å². The number of nitrogens with two attached hydrogens (primary N) is 2. The zero-order valence-corrected chi connectivity index (χ0v) is 10.7. The highest BCUT2D eigenvalue weighted by atomic mass is 35.5. The lowest BCUT2D eigenvalue weighted by molar-refractivity contribution is 0.276. The van der Waals surface area contributed by atoms with Gasteiger partial charge in [-0.1, -0.05) is 17.7 Å². The number of aliphatic hydroxyl groups is 1. The number of pyridine rings is 1. The van der Waals surface area contributed by atoms with Crippen molar-refractivity contribution in [1.29, 1.82) is 0 Å². The molecule has 6 N–H and O–H groups in total. The highest BCUT2D eigenvalue weighted by molar-refractivity contribution is 6.32. The van der Waals surface area contributed by atoms with Gasteiger partial charge in [-0.3, -0.25) is 4.98 Å². The number of aliphatic hydroxyl groups excluding tert-OH is 1. The van der Waals surface area contributed by atoms with Crippen LogP contribution in [0.2, 0.25) is 5.15 Å². The van der Waals surface area contributed by atoms with Crippen molar-refractivity contribution >= 4 is 29.1 Å². The van der Waals surface area contributed by atoms with Crippen molar-refractivity contribution in [3.8, 4) is 0 Å². The van der Waals surface area contributed by atoms with Gasteiger partial charge in [-0.25, -0.2) is 0 Å². The number of anilines is 3. The average Bonchev–Trinajstić information content (AvgIpc) is 2.41. The van der Waals surface area contributed by atoms with Crippen molar-refractivity contribution in [3.05, 3.63) is 34.7 Å². The van der Waals surface area contributed by atoms with Crippen molar-refractivity contribution in [3.63, 3.8) is 0 Å². The van der Waals surface area contributed by atoms with Crippen LogP contribution in [0.15, 0.2) is 18.2 Å². The van der Waals surface area contributed by atoms with Gasteiger partial charge in [-0.05, 0) is 12.1 Å². The van der Waals surface area contributed by atoms with Gasteiger partial charge in [0.25, 0.3) is 0 Å². The Balaban J connectivity index is 2.14. The molecule has 0 atom stereocenters. The van der Waals surface area contributed by atoms with E-state index in [1.165, 1.54) is 0 Å². The molecular weight excluding hydrogens is 268 g/mol. The number of hydrogen-bond donors (Lipinski definition) is 4. The summed E-state index contributed by atoms with van der Waals surface area (Å²) in [6, 6.07) is 5.35. The Hall–Kier alpha value is -2.12. The van der Waals surface area contributed by atoms with Crippen LogP contribution in [0.1, 0.15) is 11.4 Å². The first-order valence-corrected chi connectivity index (χ1v) is 5.86. The molecule has 0 aliphatic heterocycles. The quantitative estimate of drug-likeness (QED) is 0.611. The second kappa shape index (κ2) is 5.68. The lowest BCUT2D eigenvalue weighted by Crippen LogP contribution is -2.09. The van der Waals surface area contributed by atoms with E-state index in [1.807, 2.05) is 6.07 Å². The Bertz CT molecular complexity index is 591. The van der Waals surface area contributed by atoms with Crippen LogP contribution in [0.4, 0.5) is 17.5 Å². The van der Waals surface area contributed by atoms with Gasteiger partial charge in [-0.15, -0.1) is 0 Å². The third-order valence-corrected chi connectivity index (χ3v) is 2.67. The lowest BCUT2D eigenvalue weighted by Gasteiger charge is -2.09. The van der Waals surface area contributed by atoms with Crippen molar-refractivity contribution < 1.29 is 5.11 Å². The fraction of sp³-hybridized carbons (Fsp3) is 0.182. The van der Waals surface area contributed by atoms with E-state index in [0.717, 1.165) is 5.69 Å². The number of nitrogen functional groups attached to an aromatic ring is 2. The van der Waals surface area contributed by atoms with Crippen LogP contribution >= 0.6 is 11.6 Å². The number of nitrogens with one attached hydrogen (secondary N) is 1. The highest BCUT2D eigenvalue weighted by Crippen LogP contribution is 2.24.